The Hall–Kier alpha value is -1.51. The largest absolute Gasteiger partial charge is 0.305 e. The second kappa shape index (κ2) is 2.52. The first-order chi connectivity index (χ1) is 5.75. The van der Waals surface area contributed by atoms with E-state index in [0.29, 0.717) is 12.1 Å². The van der Waals surface area contributed by atoms with Gasteiger partial charge in [-0.3, -0.25) is 0 Å². The molecule has 0 amide bonds. The highest BCUT2D eigenvalue weighted by Crippen LogP contribution is 2.13. The molecule has 0 saturated heterocycles. The summed E-state index contributed by atoms with van der Waals surface area (Å²) in [4.78, 5) is 8.35. The van der Waals surface area contributed by atoms with Gasteiger partial charge < -0.3 is 5.41 Å². The van der Waals surface area contributed by atoms with Crippen molar-refractivity contribution >= 4 is 11.8 Å². The van der Waals surface area contributed by atoms with E-state index in [1.807, 2.05) is 13.0 Å². The van der Waals surface area contributed by atoms with Crippen LogP contribution < -0.4 is 0 Å². The van der Waals surface area contributed by atoms with Gasteiger partial charge in [-0.25, -0.2) is 9.97 Å². The van der Waals surface area contributed by atoms with Gasteiger partial charge in [0.05, 0.1) is 5.69 Å². The minimum absolute atomic E-state index is 0.612. The lowest BCUT2D eigenvalue weighted by molar-refractivity contribution is 0.980. The van der Waals surface area contributed by atoms with E-state index < -0.39 is 0 Å². The standard InChI is InChI=1S/C9H9N3/c1-6-11-5-7-2-3-8(10)4-9(7)12-6/h2-3,5,10H,4H2,1H3. The number of fused-ring (bicyclic) bond motifs is 1. The van der Waals surface area contributed by atoms with Gasteiger partial charge in [0.2, 0.25) is 0 Å². The molecule has 0 atom stereocenters. The van der Waals surface area contributed by atoms with Crippen LogP contribution in [0.3, 0.4) is 0 Å². The summed E-state index contributed by atoms with van der Waals surface area (Å²) in [5, 5.41) is 7.44. The van der Waals surface area contributed by atoms with Gasteiger partial charge in [0, 0.05) is 23.9 Å². The van der Waals surface area contributed by atoms with E-state index >= 15 is 0 Å². The summed E-state index contributed by atoms with van der Waals surface area (Å²) in [5.74, 6) is 0.775. The predicted molar refractivity (Wildman–Crippen MR) is 47.2 cm³/mol. The van der Waals surface area contributed by atoms with Crippen molar-refractivity contribution < 1.29 is 0 Å². The molecule has 0 spiro atoms. The molecule has 0 bridgehead atoms. The van der Waals surface area contributed by atoms with Gasteiger partial charge in [0.1, 0.15) is 5.82 Å². The summed E-state index contributed by atoms with van der Waals surface area (Å²) in [5.41, 5.74) is 2.62. The van der Waals surface area contributed by atoms with Crippen molar-refractivity contribution in [2.45, 2.75) is 13.3 Å². The zero-order valence-corrected chi connectivity index (χ0v) is 6.83. The Bertz CT molecular complexity index is 366. The van der Waals surface area contributed by atoms with Gasteiger partial charge in [-0.05, 0) is 19.1 Å². The Morgan fingerprint density at radius 1 is 1.42 bits per heavy atom. The molecule has 1 aromatic rings. The summed E-state index contributed by atoms with van der Waals surface area (Å²) in [6.07, 6.45) is 6.12. The normalized spacial score (nSPS) is 14.6. The fourth-order valence-corrected chi connectivity index (χ4v) is 1.24. The highest BCUT2D eigenvalue weighted by Gasteiger charge is 2.09. The monoisotopic (exact) mass is 159 g/mol. The number of aromatic nitrogens is 2. The quantitative estimate of drug-likeness (QED) is 0.621. The molecule has 1 heterocycles. The third-order valence-electron chi connectivity index (χ3n) is 1.84. The molecule has 1 aliphatic rings. The molecule has 12 heavy (non-hydrogen) atoms. The van der Waals surface area contributed by atoms with Crippen LogP contribution >= 0.6 is 0 Å². The van der Waals surface area contributed by atoms with E-state index in [2.05, 4.69) is 9.97 Å². The van der Waals surface area contributed by atoms with Gasteiger partial charge in [-0.2, -0.15) is 0 Å². The maximum absolute atomic E-state index is 7.44. The summed E-state index contributed by atoms with van der Waals surface area (Å²) in [7, 11) is 0. The second-order valence-corrected chi connectivity index (χ2v) is 2.85. The molecule has 3 nitrogen and oxygen atoms in total. The molecule has 0 fully saturated rings. The SMILES string of the molecule is Cc1ncc2c(n1)CC(=N)C=C2. The van der Waals surface area contributed by atoms with Crippen LogP contribution in [0.15, 0.2) is 12.3 Å². The van der Waals surface area contributed by atoms with Crippen molar-refractivity contribution in [2.24, 2.45) is 0 Å². The zero-order valence-electron chi connectivity index (χ0n) is 6.83. The summed E-state index contributed by atoms with van der Waals surface area (Å²) >= 11 is 0. The van der Waals surface area contributed by atoms with E-state index in [0.717, 1.165) is 17.1 Å². The van der Waals surface area contributed by atoms with E-state index in [1.165, 1.54) is 0 Å². The van der Waals surface area contributed by atoms with Crippen molar-refractivity contribution in [2.75, 3.05) is 0 Å². The Balaban J connectivity index is 2.54. The molecule has 1 N–H and O–H groups in total. The van der Waals surface area contributed by atoms with Gasteiger partial charge in [0.25, 0.3) is 0 Å². The van der Waals surface area contributed by atoms with Crippen LogP contribution in [0, 0.1) is 12.3 Å². The van der Waals surface area contributed by atoms with Gasteiger partial charge in [-0.1, -0.05) is 0 Å². The molecule has 1 aromatic heterocycles. The van der Waals surface area contributed by atoms with E-state index in [-0.39, 0.29) is 0 Å². The van der Waals surface area contributed by atoms with Crippen LogP contribution in [-0.2, 0) is 6.42 Å². The van der Waals surface area contributed by atoms with Crippen LogP contribution in [-0.4, -0.2) is 15.7 Å². The highest BCUT2D eigenvalue weighted by atomic mass is 14.9. The van der Waals surface area contributed by atoms with Crippen LogP contribution in [0.25, 0.3) is 6.08 Å². The number of allylic oxidation sites excluding steroid dienone is 1. The fourth-order valence-electron chi connectivity index (χ4n) is 1.24. The number of nitrogens with zero attached hydrogens (tertiary/aromatic N) is 2. The highest BCUT2D eigenvalue weighted by molar-refractivity contribution is 5.99. The van der Waals surface area contributed by atoms with Crippen molar-refractivity contribution in [3.05, 3.63) is 29.4 Å². The Morgan fingerprint density at radius 2 is 2.25 bits per heavy atom. The lowest BCUT2D eigenvalue weighted by atomic mass is 10.0. The molecule has 0 aliphatic heterocycles. The van der Waals surface area contributed by atoms with Crippen LogP contribution in [0.1, 0.15) is 17.1 Å². The van der Waals surface area contributed by atoms with E-state index in [1.54, 1.807) is 12.3 Å². The van der Waals surface area contributed by atoms with Crippen molar-refractivity contribution in [1.82, 2.24) is 9.97 Å². The third-order valence-corrected chi connectivity index (χ3v) is 1.84. The summed E-state index contributed by atoms with van der Waals surface area (Å²) in [6.45, 7) is 1.86. The Kier molecular flexibility index (Phi) is 1.50. The zero-order chi connectivity index (χ0) is 8.55. The summed E-state index contributed by atoms with van der Waals surface area (Å²) in [6, 6.07) is 0. The topological polar surface area (TPSA) is 49.6 Å². The predicted octanol–water partition coefficient (Wildman–Crippen LogP) is 1.37. The number of hydrogen-bond donors (Lipinski definition) is 1. The van der Waals surface area contributed by atoms with Crippen molar-refractivity contribution in [3.8, 4) is 0 Å². The maximum atomic E-state index is 7.44. The van der Waals surface area contributed by atoms with E-state index in [4.69, 9.17) is 5.41 Å². The average molecular weight is 159 g/mol. The molecule has 0 saturated carbocycles. The fraction of sp³-hybridized carbons (Fsp3) is 0.222. The van der Waals surface area contributed by atoms with Crippen molar-refractivity contribution in [1.29, 1.82) is 5.41 Å². The molecular weight excluding hydrogens is 150 g/mol. The molecular formula is C9H9N3. The number of hydrogen-bond acceptors (Lipinski definition) is 3. The molecule has 0 unspecified atom stereocenters. The van der Waals surface area contributed by atoms with Crippen LogP contribution in [0.5, 0.6) is 0 Å². The Labute approximate surface area is 70.7 Å². The second-order valence-electron chi connectivity index (χ2n) is 2.85. The molecule has 1 aliphatic carbocycles. The smallest absolute Gasteiger partial charge is 0.125 e. The molecule has 60 valence electrons. The van der Waals surface area contributed by atoms with Crippen molar-refractivity contribution in [3.63, 3.8) is 0 Å². The maximum Gasteiger partial charge on any atom is 0.125 e. The number of nitrogens with one attached hydrogen (secondary N) is 1. The number of aryl methyl sites for hydroxylation is 1. The molecule has 2 rings (SSSR count). The minimum Gasteiger partial charge on any atom is -0.305 e. The first-order valence-electron chi connectivity index (χ1n) is 3.84. The molecule has 0 aromatic carbocycles. The lowest BCUT2D eigenvalue weighted by Crippen LogP contribution is -2.08. The third kappa shape index (κ3) is 1.13. The van der Waals surface area contributed by atoms with Gasteiger partial charge >= 0.3 is 0 Å². The van der Waals surface area contributed by atoms with Crippen LogP contribution in [0.2, 0.25) is 0 Å². The van der Waals surface area contributed by atoms with Crippen LogP contribution in [0.4, 0.5) is 0 Å². The Morgan fingerprint density at radius 3 is 3.08 bits per heavy atom. The molecule has 3 heteroatoms. The lowest BCUT2D eigenvalue weighted by Gasteiger charge is -2.09. The molecule has 0 radical (unpaired) electrons. The average Bonchev–Trinajstić information content (AvgIpc) is 2.03. The first kappa shape index (κ1) is 7.16. The minimum atomic E-state index is 0.612. The van der Waals surface area contributed by atoms with E-state index in [9.17, 15) is 0 Å². The van der Waals surface area contributed by atoms with Gasteiger partial charge in [0.15, 0.2) is 0 Å². The summed E-state index contributed by atoms with van der Waals surface area (Å²) < 4.78 is 0. The van der Waals surface area contributed by atoms with Gasteiger partial charge in [-0.15, -0.1) is 0 Å². The first-order valence-corrected chi connectivity index (χ1v) is 3.84. The number of rotatable bonds is 0.